The van der Waals surface area contributed by atoms with Crippen LogP contribution >= 0.6 is 0 Å². The van der Waals surface area contributed by atoms with Crippen molar-refractivity contribution in [2.24, 2.45) is 0 Å². The largest absolute Gasteiger partial charge is 0.382 e. The molecule has 3 nitrogen and oxygen atoms in total. The van der Waals surface area contributed by atoms with Gasteiger partial charge in [0.1, 0.15) is 5.52 Å². The van der Waals surface area contributed by atoms with Crippen molar-refractivity contribution in [3.63, 3.8) is 0 Å². The van der Waals surface area contributed by atoms with Gasteiger partial charge in [-0.3, -0.25) is 0 Å². The van der Waals surface area contributed by atoms with Crippen molar-refractivity contribution >= 4 is 16.7 Å². The lowest BCUT2D eigenvalue weighted by Crippen LogP contribution is -2.07. The van der Waals surface area contributed by atoms with E-state index in [1.165, 1.54) is 0 Å². The highest BCUT2D eigenvalue weighted by atomic mass is 19.2. The highest BCUT2D eigenvalue weighted by Gasteiger charge is 2.18. The van der Waals surface area contributed by atoms with Gasteiger partial charge in [0.15, 0.2) is 23.3 Å². The molecule has 1 aromatic carbocycles. The van der Waals surface area contributed by atoms with Gasteiger partial charge in [-0.25, -0.2) is 18.2 Å². The van der Waals surface area contributed by atoms with Gasteiger partial charge in [-0.2, -0.15) is 0 Å². The van der Waals surface area contributed by atoms with Gasteiger partial charge in [0.25, 0.3) is 0 Å². The fraction of sp³-hybridized carbons (Fsp3) is 0.182. The first-order chi connectivity index (χ1) is 8.16. The molecule has 2 N–H and O–H groups in total. The molecule has 0 saturated carbocycles. The van der Waals surface area contributed by atoms with Crippen LogP contribution in [0.1, 0.15) is 12.2 Å². The molecule has 17 heavy (non-hydrogen) atoms. The molecule has 1 aromatic heterocycles. The van der Waals surface area contributed by atoms with Crippen LogP contribution in [0, 0.1) is 17.5 Å². The van der Waals surface area contributed by atoms with Gasteiger partial charge in [0, 0.05) is 12.6 Å². The summed E-state index contributed by atoms with van der Waals surface area (Å²) in [7, 11) is 0. The summed E-state index contributed by atoms with van der Waals surface area (Å²) in [5, 5.41) is 3.04. The number of aromatic nitrogens is 2. The van der Waals surface area contributed by atoms with E-state index < -0.39 is 17.5 Å². The molecule has 2 aromatic rings. The van der Waals surface area contributed by atoms with Crippen molar-refractivity contribution in [1.29, 1.82) is 0 Å². The summed E-state index contributed by atoms with van der Waals surface area (Å²) in [6, 6.07) is 0.903. The average molecular weight is 239 g/mol. The minimum Gasteiger partial charge on any atom is -0.382 e. The van der Waals surface area contributed by atoms with Gasteiger partial charge in [-0.15, -0.1) is 0 Å². The van der Waals surface area contributed by atoms with Gasteiger partial charge in [0.05, 0.1) is 11.2 Å². The van der Waals surface area contributed by atoms with Gasteiger partial charge >= 0.3 is 0 Å². The van der Waals surface area contributed by atoms with E-state index in [2.05, 4.69) is 15.3 Å². The van der Waals surface area contributed by atoms with E-state index >= 15 is 0 Å². The molecule has 0 spiro atoms. The second-order valence-corrected chi connectivity index (χ2v) is 3.80. The third-order valence-corrected chi connectivity index (χ3v) is 2.68. The first-order valence-corrected chi connectivity index (χ1v) is 5.14. The van der Waals surface area contributed by atoms with Crippen molar-refractivity contribution in [2.75, 3.05) is 6.54 Å². The number of hydrogen-bond donors (Lipinski definition) is 2. The van der Waals surface area contributed by atoms with Crippen molar-refractivity contribution in [3.05, 3.63) is 35.4 Å². The minimum absolute atomic E-state index is 0.144. The summed E-state index contributed by atoms with van der Waals surface area (Å²) < 4.78 is 39.4. The maximum absolute atomic E-state index is 13.4. The zero-order chi connectivity index (χ0) is 12.0. The molecule has 0 saturated heterocycles. The quantitative estimate of drug-likeness (QED) is 0.750. The Bertz CT molecular complexity index is 630. The zero-order valence-corrected chi connectivity index (χ0v) is 8.65. The SMILES string of the molecule is Fc1cc2[nH]c(C3=CCCN3)nc2c(F)c1F. The summed E-state index contributed by atoms with van der Waals surface area (Å²) in [5.74, 6) is -3.59. The number of benzene rings is 1. The fourth-order valence-corrected chi connectivity index (χ4v) is 1.86. The first-order valence-electron chi connectivity index (χ1n) is 5.14. The number of imidazole rings is 1. The molecule has 2 heterocycles. The van der Waals surface area contributed by atoms with E-state index in [9.17, 15) is 13.2 Å². The molecule has 0 bridgehead atoms. The molecule has 3 rings (SSSR count). The molecule has 0 aliphatic carbocycles. The number of nitrogens with one attached hydrogen (secondary N) is 2. The Balaban J connectivity index is 2.22. The predicted octanol–water partition coefficient (Wildman–Crippen LogP) is 2.31. The van der Waals surface area contributed by atoms with Gasteiger partial charge in [-0.05, 0) is 6.42 Å². The Morgan fingerprint density at radius 1 is 1.18 bits per heavy atom. The van der Waals surface area contributed by atoms with E-state index in [1.807, 2.05) is 6.08 Å². The smallest absolute Gasteiger partial charge is 0.196 e. The van der Waals surface area contributed by atoms with Crippen molar-refractivity contribution in [3.8, 4) is 0 Å². The Morgan fingerprint density at radius 3 is 2.71 bits per heavy atom. The van der Waals surface area contributed by atoms with Crippen molar-refractivity contribution < 1.29 is 13.2 Å². The number of halogens is 3. The summed E-state index contributed by atoms with van der Waals surface area (Å²) in [6.45, 7) is 0.775. The van der Waals surface area contributed by atoms with Crippen LogP contribution in [0.2, 0.25) is 0 Å². The highest BCUT2D eigenvalue weighted by molar-refractivity contribution is 5.79. The molecule has 0 atom stereocenters. The number of H-pyrrole nitrogens is 1. The predicted molar refractivity (Wildman–Crippen MR) is 56.6 cm³/mol. The second kappa shape index (κ2) is 3.51. The van der Waals surface area contributed by atoms with Crippen LogP contribution in [0.5, 0.6) is 0 Å². The molecule has 0 fully saturated rings. The Hall–Kier alpha value is -1.98. The van der Waals surface area contributed by atoms with Crippen LogP contribution in [-0.2, 0) is 0 Å². The molecule has 0 amide bonds. The first kappa shape index (κ1) is 10.2. The van der Waals surface area contributed by atoms with E-state index in [0.717, 1.165) is 24.7 Å². The number of nitrogens with zero attached hydrogens (tertiary/aromatic N) is 1. The van der Waals surface area contributed by atoms with E-state index in [1.54, 1.807) is 0 Å². The molecule has 88 valence electrons. The maximum Gasteiger partial charge on any atom is 0.196 e. The molecule has 1 aliphatic rings. The monoisotopic (exact) mass is 239 g/mol. The number of hydrogen-bond acceptors (Lipinski definition) is 2. The minimum atomic E-state index is -1.50. The maximum atomic E-state index is 13.4. The fourth-order valence-electron chi connectivity index (χ4n) is 1.86. The summed E-state index contributed by atoms with van der Waals surface area (Å²) in [4.78, 5) is 6.69. The molecular formula is C11H8F3N3. The topological polar surface area (TPSA) is 40.7 Å². The van der Waals surface area contributed by atoms with E-state index in [-0.39, 0.29) is 11.0 Å². The lowest BCUT2D eigenvalue weighted by molar-refractivity contribution is 0.452. The summed E-state index contributed by atoms with van der Waals surface area (Å²) in [5.41, 5.74) is 0.681. The lowest BCUT2D eigenvalue weighted by Gasteiger charge is -1.97. The van der Waals surface area contributed by atoms with Crippen LogP contribution < -0.4 is 5.32 Å². The van der Waals surface area contributed by atoms with Gasteiger partial charge in [0.2, 0.25) is 0 Å². The summed E-state index contributed by atoms with van der Waals surface area (Å²) in [6.07, 6.45) is 2.74. The van der Waals surface area contributed by atoms with Crippen molar-refractivity contribution in [1.82, 2.24) is 15.3 Å². The molecule has 0 unspecified atom stereocenters. The van der Waals surface area contributed by atoms with E-state index in [4.69, 9.17) is 0 Å². The van der Waals surface area contributed by atoms with Crippen LogP contribution in [0.3, 0.4) is 0 Å². The van der Waals surface area contributed by atoms with Crippen molar-refractivity contribution in [2.45, 2.75) is 6.42 Å². The number of aromatic amines is 1. The van der Waals surface area contributed by atoms with Crippen LogP contribution in [0.15, 0.2) is 12.1 Å². The Kier molecular flexibility index (Phi) is 2.10. The molecule has 0 radical (unpaired) electrons. The Labute approximate surface area is 94.4 Å². The molecular weight excluding hydrogens is 231 g/mol. The molecule has 6 heteroatoms. The van der Waals surface area contributed by atoms with Gasteiger partial charge < -0.3 is 10.3 Å². The normalized spacial score (nSPS) is 15.1. The average Bonchev–Trinajstić information content (AvgIpc) is 2.93. The van der Waals surface area contributed by atoms with E-state index in [0.29, 0.717) is 5.82 Å². The summed E-state index contributed by atoms with van der Waals surface area (Å²) >= 11 is 0. The number of rotatable bonds is 1. The van der Waals surface area contributed by atoms with Gasteiger partial charge in [-0.1, -0.05) is 6.08 Å². The second-order valence-electron chi connectivity index (χ2n) is 3.80. The van der Waals surface area contributed by atoms with Crippen LogP contribution in [0.25, 0.3) is 16.7 Å². The molecule has 1 aliphatic heterocycles. The van der Waals surface area contributed by atoms with Crippen LogP contribution in [-0.4, -0.2) is 16.5 Å². The Morgan fingerprint density at radius 2 is 2.00 bits per heavy atom. The lowest BCUT2D eigenvalue weighted by atomic mass is 10.3. The number of fused-ring (bicyclic) bond motifs is 1. The van der Waals surface area contributed by atoms with Crippen LogP contribution in [0.4, 0.5) is 13.2 Å². The highest BCUT2D eigenvalue weighted by Crippen LogP contribution is 2.23. The zero-order valence-electron chi connectivity index (χ0n) is 8.65. The third kappa shape index (κ3) is 1.48. The standard InChI is InChI=1S/C11H8F3N3/c12-5-4-7-10(9(14)8(5)13)17-11(16-7)6-2-1-3-15-6/h2,4,15H,1,3H2,(H,16,17). The third-order valence-electron chi connectivity index (χ3n) is 2.68.